The largest absolute Gasteiger partial charge is 0.368 e. The SMILES string of the molecule is CNC(C)C(=O)NC(C(=O)N1c2ccccc2CC1C(N)=O)c1ccccc1.Cl. The Labute approximate surface area is 176 Å². The molecule has 0 saturated heterocycles. The van der Waals surface area contributed by atoms with Crippen LogP contribution in [0.5, 0.6) is 0 Å². The highest BCUT2D eigenvalue weighted by atomic mass is 35.5. The van der Waals surface area contributed by atoms with Crippen molar-refractivity contribution in [1.82, 2.24) is 10.6 Å². The lowest BCUT2D eigenvalue weighted by molar-refractivity contribution is -0.129. The summed E-state index contributed by atoms with van der Waals surface area (Å²) in [6.07, 6.45) is 0.361. The zero-order chi connectivity index (χ0) is 20.3. The standard InChI is InChI=1S/C21H24N4O3.ClH/c1-13(23-2)20(27)24-18(14-8-4-3-5-9-14)21(28)25-16-11-7-6-10-15(16)12-17(25)19(22)26;/h3-11,13,17-18,23H,12H2,1-2H3,(H2,22,26)(H,24,27);1H. The van der Waals surface area contributed by atoms with Crippen LogP contribution in [0.15, 0.2) is 54.6 Å². The number of para-hydroxylation sites is 1. The fourth-order valence-corrected chi connectivity index (χ4v) is 3.36. The van der Waals surface area contributed by atoms with Crippen LogP contribution in [0.2, 0.25) is 0 Å². The van der Waals surface area contributed by atoms with Crippen molar-refractivity contribution < 1.29 is 14.4 Å². The van der Waals surface area contributed by atoms with Gasteiger partial charge in [-0.25, -0.2) is 0 Å². The smallest absolute Gasteiger partial charge is 0.254 e. The van der Waals surface area contributed by atoms with Crippen LogP contribution in [0.25, 0.3) is 0 Å². The van der Waals surface area contributed by atoms with Gasteiger partial charge in [-0.05, 0) is 31.2 Å². The van der Waals surface area contributed by atoms with Gasteiger partial charge in [0, 0.05) is 12.1 Å². The molecule has 3 atom stereocenters. The number of nitrogens with two attached hydrogens (primary N) is 1. The number of hydrogen-bond acceptors (Lipinski definition) is 4. The Morgan fingerprint density at radius 3 is 2.31 bits per heavy atom. The first kappa shape index (κ1) is 22.4. The minimum atomic E-state index is -0.933. The maximum Gasteiger partial charge on any atom is 0.254 e. The van der Waals surface area contributed by atoms with E-state index in [0.717, 1.165) is 5.56 Å². The third-order valence-electron chi connectivity index (χ3n) is 5.03. The Balaban J connectivity index is 0.00000300. The minimum absolute atomic E-state index is 0. The molecule has 3 unspecified atom stereocenters. The highest BCUT2D eigenvalue weighted by Gasteiger charge is 2.40. The Morgan fingerprint density at radius 2 is 1.69 bits per heavy atom. The number of nitrogens with zero attached hydrogens (tertiary/aromatic N) is 1. The van der Waals surface area contributed by atoms with Gasteiger partial charge < -0.3 is 16.4 Å². The second-order valence-corrected chi connectivity index (χ2v) is 6.82. The van der Waals surface area contributed by atoms with Crippen molar-refractivity contribution in [2.45, 2.75) is 31.5 Å². The van der Waals surface area contributed by atoms with Crippen LogP contribution in [-0.4, -0.2) is 36.9 Å². The second kappa shape index (κ2) is 9.54. The average Bonchev–Trinajstić information content (AvgIpc) is 3.11. The van der Waals surface area contributed by atoms with Gasteiger partial charge in [-0.15, -0.1) is 12.4 Å². The fraction of sp³-hybridized carbons (Fsp3) is 0.286. The first-order valence-electron chi connectivity index (χ1n) is 9.17. The van der Waals surface area contributed by atoms with E-state index in [4.69, 9.17) is 5.73 Å². The van der Waals surface area contributed by atoms with E-state index in [2.05, 4.69) is 10.6 Å². The first-order valence-corrected chi connectivity index (χ1v) is 9.17. The highest BCUT2D eigenvalue weighted by molar-refractivity contribution is 6.06. The lowest BCUT2D eigenvalue weighted by Gasteiger charge is -2.29. The number of nitrogens with one attached hydrogen (secondary N) is 2. The molecule has 0 spiro atoms. The lowest BCUT2D eigenvalue weighted by atomic mass is 10.0. The van der Waals surface area contributed by atoms with E-state index < -0.39 is 29.9 Å². The van der Waals surface area contributed by atoms with Crippen molar-refractivity contribution in [3.8, 4) is 0 Å². The van der Waals surface area contributed by atoms with E-state index in [0.29, 0.717) is 17.7 Å². The zero-order valence-corrected chi connectivity index (χ0v) is 17.1. The summed E-state index contributed by atoms with van der Waals surface area (Å²) in [5.74, 6) is -1.28. The maximum atomic E-state index is 13.6. The Bertz CT molecular complexity index is 891. The van der Waals surface area contributed by atoms with Crippen molar-refractivity contribution in [3.63, 3.8) is 0 Å². The number of rotatable bonds is 6. The summed E-state index contributed by atoms with van der Waals surface area (Å²) in [7, 11) is 1.67. The number of benzene rings is 2. The van der Waals surface area contributed by atoms with Gasteiger partial charge in [0.1, 0.15) is 12.1 Å². The molecule has 8 heteroatoms. The number of carbonyl (C=O) groups excluding carboxylic acids is 3. The predicted octanol–water partition coefficient (Wildman–Crippen LogP) is 1.32. The number of primary amides is 1. The third kappa shape index (κ3) is 4.58. The third-order valence-corrected chi connectivity index (χ3v) is 5.03. The molecule has 0 aliphatic carbocycles. The highest BCUT2D eigenvalue weighted by Crippen LogP contribution is 2.34. The normalized spacial score (nSPS) is 16.9. The molecular weight excluding hydrogens is 392 g/mol. The number of fused-ring (bicyclic) bond motifs is 1. The quantitative estimate of drug-likeness (QED) is 0.660. The molecule has 154 valence electrons. The molecule has 3 rings (SSSR count). The number of hydrogen-bond donors (Lipinski definition) is 3. The van der Waals surface area contributed by atoms with E-state index >= 15 is 0 Å². The van der Waals surface area contributed by atoms with E-state index in [9.17, 15) is 14.4 Å². The molecule has 1 heterocycles. The number of halogens is 1. The summed E-state index contributed by atoms with van der Waals surface area (Å²) < 4.78 is 0. The number of carbonyl (C=O) groups is 3. The van der Waals surface area contributed by atoms with E-state index in [1.807, 2.05) is 24.3 Å². The lowest BCUT2D eigenvalue weighted by Crippen LogP contribution is -2.52. The van der Waals surface area contributed by atoms with Crippen molar-refractivity contribution in [2.75, 3.05) is 11.9 Å². The van der Waals surface area contributed by atoms with Crippen LogP contribution in [0, 0.1) is 0 Å². The summed E-state index contributed by atoms with van der Waals surface area (Å²) >= 11 is 0. The molecular formula is C21H25ClN4O3. The van der Waals surface area contributed by atoms with Gasteiger partial charge in [0.2, 0.25) is 11.8 Å². The Morgan fingerprint density at radius 1 is 1.07 bits per heavy atom. The van der Waals surface area contributed by atoms with Crippen molar-refractivity contribution >= 4 is 35.8 Å². The average molecular weight is 417 g/mol. The first-order chi connectivity index (χ1) is 13.4. The number of likely N-dealkylation sites (N-methyl/N-ethyl adjacent to an activating group) is 1. The molecule has 4 N–H and O–H groups in total. The summed E-state index contributed by atoms with van der Waals surface area (Å²) in [4.78, 5) is 39.5. The molecule has 3 amide bonds. The van der Waals surface area contributed by atoms with Crippen molar-refractivity contribution in [2.24, 2.45) is 5.73 Å². The monoisotopic (exact) mass is 416 g/mol. The van der Waals surface area contributed by atoms with Gasteiger partial charge in [-0.2, -0.15) is 0 Å². The summed E-state index contributed by atoms with van der Waals surface area (Å²) in [6.45, 7) is 1.71. The zero-order valence-electron chi connectivity index (χ0n) is 16.3. The van der Waals surface area contributed by atoms with Crippen molar-refractivity contribution in [3.05, 3.63) is 65.7 Å². The molecule has 2 aromatic carbocycles. The molecule has 0 saturated carbocycles. The van der Waals surface area contributed by atoms with Crippen LogP contribution < -0.4 is 21.3 Å². The van der Waals surface area contributed by atoms with Gasteiger partial charge in [-0.1, -0.05) is 48.5 Å². The molecule has 0 bridgehead atoms. The molecule has 2 aromatic rings. The molecule has 7 nitrogen and oxygen atoms in total. The van der Waals surface area contributed by atoms with Crippen LogP contribution >= 0.6 is 12.4 Å². The molecule has 1 aliphatic heterocycles. The van der Waals surface area contributed by atoms with Crippen LogP contribution in [-0.2, 0) is 20.8 Å². The van der Waals surface area contributed by atoms with Gasteiger partial charge in [0.05, 0.1) is 6.04 Å². The Kier molecular flexibility index (Phi) is 7.36. The van der Waals surface area contributed by atoms with Gasteiger partial charge >= 0.3 is 0 Å². The molecule has 1 aliphatic rings. The summed E-state index contributed by atoms with van der Waals surface area (Å²) in [5.41, 5.74) is 7.74. The molecule has 0 aromatic heterocycles. The van der Waals surface area contributed by atoms with Gasteiger partial charge in [0.25, 0.3) is 5.91 Å². The van der Waals surface area contributed by atoms with E-state index in [1.165, 1.54) is 4.90 Å². The fourth-order valence-electron chi connectivity index (χ4n) is 3.36. The van der Waals surface area contributed by atoms with Crippen molar-refractivity contribution in [1.29, 1.82) is 0 Å². The van der Waals surface area contributed by atoms with Crippen LogP contribution in [0.3, 0.4) is 0 Å². The van der Waals surface area contributed by atoms with Crippen LogP contribution in [0.1, 0.15) is 24.1 Å². The molecule has 29 heavy (non-hydrogen) atoms. The predicted molar refractivity (Wildman–Crippen MR) is 114 cm³/mol. The maximum absolute atomic E-state index is 13.6. The minimum Gasteiger partial charge on any atom is -0.368 e. The topological polar surface area (TPSA) is 105 Å². The van der Waals surface area contributed by atoms with Gasteiger partial charge in [0.15, 0.2) is 0 Å². The number of amides is 3. The summed E-state index contributed by atoms with van der Waals surface area (Å²) in [5, 5.41) is 5.67. The van der Waals surface area contributed by atoms with E-state index in [1.54, 1.807) is 44.3 Å². The molecule has 0 fully saturated rings. The number of anilines is 1. The Hall–Kier alpha value is -2.90. The van der Waals surface area contributed by atoms with E-state index in [-0.39, 0.29) is 18.3 Å². The van der Waals surface area contributed by atoms with Crippen LogP contribution in [0.4, 0.5) is 5.69 Å². The second-order valence-electron chi connectivity index (χ2n) is 6.82. The summed E-state index contributed by atoms with van der Waals surface area (Å²) in [6, 6.07) is 14.1. The molecule has 0 radical (unpaired) electrons. The van der Waals surface area contributed by atoms with Gasteiger partial charge in [-0.3, -0.25) is 19.3 Å².